The molecule has 27 heavy (non-hydrogen) atoms. The van der Waals surface area contributed by atoms with Gasteiger partial charge in [0.25, 0.3) is 0 Å². The summed E-state index contributed by atoms with van der Waals surface area (Å²) >= 11 is 0. The minimum absolute atomic E-state index is 0.424. The Morgan fingerprint density at radius 2 is 1.89 bits per heavy atom. The molecule has 1 aliphatic rings. The first kappa shape index (κ1) is 21.5. The maximum absolute atomic E-state index is 4.66. The Bertz CT molecular complexity index is 561. The molecule has 0 radical (unpaired) electrons. The highest BCUT2D eigenvalue weighted by molar-refractivity contribution is 5.79. The van der Waals surface area contributed by atoms with Gasteiger partial charge in [-0.3, -0.25) is 4.99 Å². The maximum atomic E-state index is 4.66. The average Bonchev–Trinajstić information content (AvgIpc) is 2.66. The Kier molecular flexibility index (Phi) is 8.85. The Hall–Kier alpha value is -1.82. The lowest BCUT2D eigenvalue weighted by molar-refractivity contribution is 0.312. The van der Waals surface area contributed by atoms with Gasteiger partial charge in [-0.05, 0) is 37.9 Å². The van der Waals surface area contributed by atoms with Crippen molar-refractivity contribution in [1.29, 1.82) is 0 Å². The van der Waals surface area contributed by atoms with E-state index in [0.717, 1.165) is 50.4 Å². The van der Waals surface area contributed by atoms with Crippen molar-refractivity contribution in [3.63, 3.8) is 0 Å². The fraction of sp³-hybridized carbons (Fsp3) is 0.714. The first-order valence-corrected chi connectivity index (χ1v) is 10.3. The maximum Gasteiger partial charge on any atom is 0.191 e. The van der Waals surface area contributed by atoms with E-state index < -0.39 is 0 Å². The number of hydrogen-bond acceptors (Lipinski definition) is 4. The molecule has 6 nitrogen and oxygen atoms in total. The van der Waals surface area contributed by atoms with Crippen molar-refractivity contribution in [2.75, 3.05) is 45.2 Å². The number of pyridine rings is 1. The van der Waals surface area contributed by atoms with Crippen molar-refractivity contribution >= 4 is 11.8 Å². The molecular formula is C21H38N6. The molecule has 1 fully saturated rings. The van der Waals surface area contributed by atoms with Crippen molar-refractivity contribution in [3.8, 4) is 0 Å². The Morgan fingerprint density at radius 1 is 1.15 bits per heavy atom. The number of anilines is 1. The lowest BCUT2D eigenvalue weighted by Crippen LogP contribution is -2.44. The molecule has 1 aliphatic heterocycles. The third-order valence-corrected chi connectivity index (χ3v) is 5.12. The van der Waals surface area contributed by atoms with Gasteiger partial charge in [-0.25, -0.2) is 4.98 Å². The molecule has 6 heteroatoms. The van der Waals surface area contributed by atoms with E-state index in [1.165, 1.54) is 24.8 Å². The van der Waals surface area contributed by atoms with Crippen LogP contribution in [0.1, 0.15) is 45.6 Å². The quantitative estimate of drug-likeness (QED) is 0.541. The monoisotopic (exact) mass is 374 g/mol. The van der Waals surface area contributed by atoms with Crippen molar-refractivity contribution in [2.45, 2.75) is 52.6 Å². The highest BCUT2D eigenvalue weighted by atomic mass is 15.3. The third kappa shape index (κ3) is 7.75. The van der Waals surface area contributed by atoms with E-state index in [2.05, 4.69) is 70.4 Å². The largest absolute Gasteiger partial charge is 0.354 e. The molecule has 0 spiro atoms. The Balaban J connectivity index is 1.75. The minimum Gasteiger partial charge on any atom is -0.354 e. The SMILES string of the molecule is CN=C(NCc1ccc(N2CCN(C)CC2)nc1)NC(C)CCCC(C)C. The molecule has 1 atom stereocenters. The van der Waals surface area contributed by atoms with Crippen molar-refractivity contribution in [3.05, 3.63) is 23.9 Å². The van der Waals surface area contributed by atoms with E-state index in [4.69, 9.17) is 0 Å². The number of hydrogen-bond donors (Lipinski definition) is 2. The summed E-state index contributed by atoms with van der Waals surface area (Å²) in [5.74, 6) is 2.71. The summed E-state index contributed by atoms with van der Waals surface area (Å²) in [5.41, 5.74) is 1.17. The summed E-state index contributed by atoms with van der Waals surface area (Å²) in [6, 6.07) is 4.72. The van der Waals surface area contributed by atoms with E-state index in [0.29, 0.717) is 6.04 Å². The fourth-order valence-electron chi connectivity index (χ4n) is 3.26. The second-order valence-electron chi connectivity index (χ2n) is 8.11. The first-order valence-electron chi connectivity index (χ1n) is 10.3. The molecule has 0 aromatic carbocycles. The van der Waals surface area contributed by atoms with Gasteiger partial charge in [0, 0.05) is 52.0 Å². The topological polar surface area (TPSA) is 55.8 Å². The molecular weight excluding hydrogens is 336 g/mol. The Labute approximate surface area is 165 Å². The predicted octanol–water partition coefficient (Wildman–Crippen LogP) is 2.71. The number of piperazine rings is 1. The number of aliphatic imine (C=N–C) groups is 1. The summed E-state index contributed by atoms with van der Waals surface area (Å²) < 4.78 is 0. The van der Waals surface area contributed by atoms with Crippen LogP contribution in [0.5, 0.6) is 0 Å². The van der Waals surface area contributed by atoms with Crippen LogP contribution < -0.4 is 15.5 Å². The minimum atomic E-state index is 0.424. The van der Waals surface area contributed by atoms with Crippen molar-refractivity contribution in [2.24, 2.45) is 10.9 Å². The van der Waals surface area contributed by atoms with E-state index in [9.17, 15) is 0 Å². The molecule has 1 unspecified atom stereocenters. The van der Waals surface area contributed by atoms with Crippen LogP contribution in [-0.4, -0.2) is 62.2 Å². The molecule has 0 aliphatic carbocycles. The van der Waals surface area contributed by atoms with Crippen LogP contribution in [0.3, 0.4) is 0 Å². The summed E-state index contributed by atoms with van der Waals surface area (Å²) in [6.07, 6.45) is 5.67. The zero-order valence-electron chi connectivity index (χ0n) is 17.8. The molecule has 2 rings (SSSR count). The van der Waals surface area contributed by atoms with Crippen LogP contribution in [0.25, 0.3) is 0 Å². The highest BCUT2D eigenvalue weighted by Crippen LogP contribution is 2.13. The molecule has 1 aromatic rings. The van der Waals surface area contributed by atoms with Crippen molar-refractivity contribution in [1.82, 2.24) is 20.5 Å². The van der Waals surface area contributed by atoms with Gasteiger partial charge in [-0.15, -0.1) is 0 Å². The highest BCUT2D eigenvalue weighted by Gasteiger charge is 2.15. The molecule has 1 saturated heterocycles. The van der Waals surface area contributed by atoms with Gasteiger partial charge in [0.15, 0.2) is 5.96 Å². The molecule has 0 bridgehead atoms. The van der Waals surface area contributed by atoms with Gasteiger partial charge in [-0.1, -0.05) is 32.8 Å². The summed E-state index contributed by atoms with van der Waals surface area (Å²) in [4.78, 5) is 13.7. The molecule has 152 valence electrons. The standard InChI is InChI=1S/C21H38N6/c1-17(2)7-6-8-18(3)25-21(22-4)24-16-19-9-10-20(23-15-19)27-13-11-26(5)12-14-27/h9-10,15,17-18H,6-8,11-14,16H2,1-5H3,(H2,22,24,25). The smallest absolute Gasteiger partial charge is 0.191 e. The van der Waals surface area contributed by atoms with Crippen LogP contribution in [0.15, 0.2) is 23.3 Å². The number of rotatable bonds is 8. The summed E-state index contributed by atoms with van der Waals surface area (Å²) in [7, 11) is 4.00. The molecule has 1 aromatic heterocycles. The van der Waals surface area contributed by atoms with E-state index in [1.54, 1.807) is 0 Å². The predicted molar refractivity (Wildman–Crippen MR) is 115 cm³/mol. The van der Waals surface area contributed by atoms with Crippen LogP contribution in [-0.2, 0) is 6.54 Å². The second-order valence-corrected chi connectivity index (χ2v) is 8.11. The van der Waals surface area contributed by atoms with Gasteiger partial charge < -0.3 is 20.4 Å². The van der Waals surface area contributed by atoms with Gasteiger partial charge in [0.2, 0.25) is 0 Å². The number of nitrogens with one attached hydrogen (secondary N) is 2. The third-order valence-electron chi connectivity index (χ3n) is 5.12. The zero-order valence-corrected chi connectivity index (χ0v) is 17.8. The molecule has 0 amide bonds. The van der Waals surface area contributed by atoms with Crippen molar-refractivity contribution < 1.29 is 0 Å². The van der Waals surface area contributed by atoms with Gasteiger partial charge in [-0.2, -0.15) is 0 Å². The molecule has 2 N–H and O–H groups in total. The fourth-order valence-corrected chi connectivity index (χ4v) is 3.26. The number of aromatic nitrogens is 1. The van der Waals surface area contributed by atoms with E-state index in [1.807, 2.05) is 13.2 Å². The molecule has 2 heterocycles. The van der Waals surface area contributed by atoms with Crippen LogP contribution >= 0.6 is 0 Å². The van der Waals surface area contributed by atoms with Gasteiger partial charge >= 0.3 is 0 Å². The van der Waals surface area contributed by atoms with E-state index in [-0.39, 0.29) is 0 Å². The number of likely N-dealkylation sites (N-methyl/N-ethyl adjacent to an activating group) is 1. The molecule has 0 saturated carbocycles. The van der Waals surface area contributed by atoms with E-state index >= 15 is 0 Å². The first-order chi connectivity index (χ1) is 13.0. The van der Waals surface area contributed by atoms with Gasteiger partial charge in [0.05, 0.1) is 0 Å². The summed E-state index contributed by atoms with van der Waals surface area (Å²) in [6.45, 7) is 11.8. The lowest BCUT2D eigenvalue weighted by atomic mass is 10.0. The average molecular weight is 375 g/mol. The van der Waals surface area contributed by atoms with Gasteiger partial charge in [0.1, 0.15) is 5.82 Å². The van der Waals surface area contributed by atoms with Crippen LogP contribution in [0.4, 0.5) is 5.82 Å². The lowest BCUT2D eigenvalue weighted by Gasteiger charge is -2.33. The normalized spacial score (nSPS) is 17.3. The second kappa shape index (κ2) is 11.1. The number of nitrogens with zero attached hydrogens (tertiary/aromatic N) is 4. The Morgan fingerprint density at radius 3 is 2.48 bits per heavy atom. The zero-order chi connectivity index (χ0) is 19.6. The number of guanidine groups is 1. The van der Waals surface area contributed by atoms with Crippen LogP contribution in [0.2, 0.25) is 0 Å². The van der Waals surface area contributed by atoms with Crippen LogP contribution in [0, 0.1) is 5.92 Å². The summed E-state index contributed by atoms with van der Waals surface area (Å²) in [5, 5.41) is 6.88.